The molecule has 0 unspecified atom stereocenters. The molecule has 8 heteroatoms. The van der Waals surface area contributed by atoms with Crippen molar-refractivity contribution < 1.29 is 27.8 Å². The van der Waals surface area contributed by atoms with Crippen LogP contribution >= 0.6 is 0 Å². The number of benzene rings is 2. The number of nitrogens with zero attached hydrogens (tertiary/aromatic N) is 1. The monoisotopic (exact) mass is 346 g/mol. The number of carbonyl (C=O) groups excluding carboxylic acids is 1. The molecule has 0 bridgehead atoms. The summed E-state index contributed by atoms with van der Waals surface area (Å²) in [6.45, 7) is 0. The molecule has 1 heterocycles. The van der Waals surface area contributed by atoms with Crippen molar-refractivity contribution in [2.45, 2.75) is 0 Å². The van der Waals surface area contributed by atoms with Gasteiger partial charge in [-0.1, -0.05) is 12.1 Å². The number of rotatable bonds is 3. The topological polar surface area (TPSA) is 98.1 Å². The molecule has 0 saturated heterocycles. The number of aromatic hydroxyl groups is 1. The van der Waals surface area contributed by atoms with E-state index in [1.807, 2.05) is 0 Å². The van der Waals surface area contributed by atoms with Crippen LogP contribution in [0, 0.1) is 11.6 Å². The number of amides is 1. The summed E-state index contributed by atoms with van der Waals surface area (Å²) in [4.78, 5) is 15.6. The zero-order valence-electron chi connectivity index (χ0n) is 12.9. The van der Waals surface area contributed by atoms with Gasteiger partial charge in [0.2, 0.25) is 5.55 Å². The van der Waals surface area contributed by atoms with Gasteiger partial charge in [-0.05, 0) is 12.1 Å². The maximum Gasteiger partial charge on any atom is 0.254 e. The molecule has 3 aromatic rings. The molecule has 0 spiro atoms. The van der Waals surface area contributed by atoms with Gasteiger partial charge in [-0.15, -0.1) is 0 Å². The second-order valence-corrected chi connectivity index (χ2v) is 5.08. The number of phenols is 1. The Hall–Kier alpha value is -3.42. The van der Waals surface area contributed by atoms with Gasteiger partial charge >= 0.3 is 0 Å². The molecule has 25 heavy (non-hydrogen) atoms. The second-order valence-electron chi connectivity index (χ2n) is 5.08. The fraction of sp³-hybridized carbons (Fsp3) is 0.0588. The lowest BCUT2D eigenvalue weighted by molar-refractivity contribution is 0.0996. The second kappa shape index (κ2) is 6.23. The number of hydrogen-bond donors (Lipinski definition) is 2. The zero-order valence-corrected chi connectivity index (χ0v) is 12.9. The van der Waals surface area contributed by atoms with Crippen LogP contribution in [-0.4, -0.2) is 18.1 Å². The van der Waals surface area contributed by atoms with Crippen LogP contribution in [0.15, 0.2) is 45.8 Å². The molecule has 128 valence electrons. The van der Waals surface area contributed by atoms with Crippen molar-refractivity contribution in [1.82, 2.24) is 0 Å². The molecule has 3 N–H and O–H groups in total. The third kappa shape index (κ3) is 3.01. The van der Waals surface area contributed by atoms with Gasteiger partial charge in [0.05, 0.1) is 12.8 Å². The van der Waals surface area contributed by atoms with Crippen LogP contribution in [0.4, 0.5) is 14.5 Å². The molecule has 0 radical (unpaired) electrons. The van der Waals surface area contributed by atoms with Crippen LogP contribution in [0.3, 0.4) is 0 Å². The van der Waals surface area contributed by atoms with Crippen LogP contribution < -0.4 is 16.0 Å². The SMILES string of the molecule is COc1cccc2cc(C(N)=O)c(=Nc3cc(F)c(O)c(F)c3)oc12. The van der Waals surface area contributed by atoms with Crippen molar-refractivity contribution >= 4 is 22.6 Å². The predicted octanol–water partition coefficient (Wildman–Crippen LogP) is 2.76. The van der Waals surface area contributed by atoms with Crippen molar-refractivity contribution in [3.8, 4) is 11.5 Å². The Morgan fingerprint density at radius 2 is 1.92 bits per heavy atom. The Labute approximate surface area is 139 Å². The number of carbonyl (C=O) groups is 1. The highest BCUT2D eigenvalue weighted by Crippen LogP contribution is 2.27. The van der Waals surface area contributed by atoms with Crippen LogP contribution in [0.2, 0.25) is 0 Å². The number of methoxy groups -OCH3 is 1. The molecular weight excluding hydrogens is 334 g/mol. The largest absolute Gasteiger partial charge is 0.503 e. The predicted molar refractivity (Wildman–Crippen MR) is 84.5 cm³/mol. The summed E-state index contributed by atoms with van der Waals surface area (Å²) < 4.78 is 37.7. The Bertz CT molecular complexity index is 1040. The standard InChI is InChI=1S/C17H12F2N2O4/c1-24-13-4-2-3-8-5-10(16(20)23)17(25-15(8)13)21-9-6-11(18)14(22)12(19)7-9/h2-7,22H,1H3,(H2,20,23). The lowest BCUT2D eigenvalue weighted by Gasteiger charge is -2.06. The number of phenolic OH excluding ortho intramolecular Hbond substituents is 1. The first-order chi connectivity index (χ1) is 11.9. The van der Waals surface area contributed by atoms with Gasteiger partial charge in [0.15, 0.2) is 28.7 Å². The van der Waals surface area contributed by atoms with E-state index in [9.17, 15) is 13.6 Å². The fourth-order valence-electron chi connectivity index (χ4n) is 2.28. The van der Waals surface area contributed by atoms with E-state index in [1.165, 1.54) is 13.2 Å². The Kier molecular flexibility index (Phi) is 4.10. The molecule has 0 aliphatic carbocycles. The quantitative estimate of drug-likeness (QED) is 0.762. The number of primary amides is 1. The highest BCUT2D eigenvalue weighted by Gasteiger charge is 2.14. The van der Waals surface area contributed by atoms with Crippen LogP contribution in [0.5, 0.6) is 11.5 Å². The minimum Gasteiger partial charge on any atom is -0.503 e. The molecule has 6 nitrogen and oxygen atoms in total. The molecule has 3 rings (SSSR count). The number of nitrogens with two attached hydrogens (primary N) is 1. The lowest BCUT2D eigenvalue weighted by atomic mass is 10.1. The van der Waals surface area contributed by atoms with Gasteiger partial charge in [-0.3, -0.25) is 4.79 Å². The molecular formula is C17H12F2N2O4. The number of hydrogen-bond acceptors (Lipinski definition) is 5. The molecule has 2 aromatic carbocycles. The van der Waals surface area contributed by atoms with E-state index in [2.05, 4.69) is 4.99 Å². The first-order valence-corrected chi connectivity index (χ1v) is 7.04. The summed E-state index contributed by atoms with van der Waals surface area (Å²) in [6.07, 6.45) is 0. The zero-order chi connectivity index (χ0) is 18.1. The summed E-state index contributed by atoms with van der Waals surface area (Å²) in [6, 6.07) is 8.05. The maximum absolute atomic E-state index is 13.5. The van der Waals surface area contributed by atoms with E-state index in [0.717, 1.165) is 12.1 Å². The van der Waals surface area contributed by atoms with Crippen molar-refractivity contribution in [3.05, 3.63) is 59.2 Å². The van der Waals surface area contributed by atoms with Gasteiger partial charge in [0.25, 0.3) is 5.91 Å². The van der Waals surface area contributed by atoms with Crippen molar-refractivity contribution in [2.75, 3.05) is 7.11 Å². The minimum absolute atomic E-state index is 0.0744. The highest BCUT2D eigenvalue weighted by molar-refractivity contribution is 5.96. The molecule has 0 aliphatic heterocycles. The Morgan fingerprint density at radius 1 is 1.24 bits per heavy atom. The van der Waals surface area contributed by atoms with Gasteiger partial charge < -0.3 is 20.0 Å². The smallest absolute Gasteiger partial charge is 0.254 e. The van der Waals surface area contributed by atoms with Crippen LogP contribution in [0.1, 0.15) is 10.4 Å². The van der Waals surface area contributed by atoms with E-state index in [-0.39, 0.29) is 22.4 Å². The number of fused-ring (bicyclic) bond motifs is 1. The van der Waals surface area contributed by atoms with Crippen molar-refractivity contribution in [2.24, 2.45) is 10.7 Å². The van der Waals surface area contributed by atoms with Gasteiger partial charge in [-0.25, -0.2) is 13.8 Å². The highest BCUT2D eigenvalue weighted by atomic mass is 19.1. The van der Waals surface area contributed by atoms with Crippen molar-refractivity contribution in [3.63, 3.8) is 0 Å². The molecule has 0 aliphatic rings. The van der Waals surface area contributed by atoms with E-state index in [4.69, 9.17) is 20.0 Å². The molecule has 1 aromatic heterocycles. The number of halogens is 2. The first-order valence-electron chi connectivity index (χ1n) is 7.04. The van der Waals surface area contributed by atoms with E-state index in [1.54, 1.807) is 18.2 Å². The first kappa shape index (κ1) is 16.4. The fourth-order valence-corrected chi connectivity index (χ4v) is 2.28. The summed E-state index contributed by atoms with van der Waals surface area (Å²) in [7, 11) is 1.44. The van der Waals surface area contributed by atoms with Gasteiger partial charge in [0, 0.05) is 17.5 Å². The van der Waals surface area contributed by atoms with E-state index in [0.29, 0.717) is 11.1 Å². The van der Waals surface area contributed by atoms with Crippen molar-refractivity contribution in [1.29, 1.82) is 0 Å². The van der Waals surface area contributed by atoms with E-state index < -0.39 is 23.3 Å². The molecule has 1 amide bonds. The van der Waals surface area contributed by atoms with Gasteiger partial charge in [0.1, 0.15) is 5.56 Å². The molecule has 0 saturated carbocycles. The lowest BCUT2D eigenvalue weighted by Crippen LogP contribution is -2.21. The average molecular weight is 346 g/mol. The third-order valence-corrected chi connectivity index (χ3v) is 3.46. The van der Waals surface area contributed by atoms with E-state index >= 15 is 0 Å². The third-order valence-electron chi connectivity index (χ3n) is 3.46. The number of para-hydroxylation sites is 1. The summed E-state index contributed by atoms with van der Waals surface area (Å²) in [5.74, 6) is -3.96. The van der Waals surface area contributed by atoms with Crippen LogP contribution in [-0.2, 0) is 0 Å². The van der Waals surface area contributed by atoms with Gasteiger partial charge in [-0.2, -0.15) is 0 Å². The summed E-state index contributed by atoms with van der Waals surface area (Å²) in [5, 5.41) is 9.68. The molecule has 0 fully saturated rings. The van der Waals surface area contributed by atoms with Crippen LogP contribution in [0.25, 0.3) is 11.0 Å². The maximum atomic E-state index is 13.5. The minimum atomic E-state index is -1.20. The Morgan fingerprint density at radius 3 is 2.52 bits per heavy atom. The summed E-state index contributed by atoms with van der Waals surface area (Å²) in [5.41, 5.74) is 5.10. The normalized spacial score (nSPS) is 11.7. The number of ether oxygens (including phenoxy) is 1. The Balaban J connectivity index is 2.33. The molecule has 0 atom stereocenters. The average Bonchev–Trinajstić information content (AvgIpc) is 2.58. The summed E-state index contributed by atoms with van der Waals surface area (Å²) >= 11 is 0.